The fraction of sp³-hybridized carbons (Fsp3) is 0.286. The van der Waals surface area contributed by atoms with Gasteiger partial charge in [-0.1, -0.05) is 0 Å². The van der Waals surface area contributed by atoms with Crippen molar-refractivity contribution in [3.63, 3.8) is 0 Å². The number of nitrogens with zero attached hydrogens (tertiary/aromatic N) is 1. The minimum Gasteiger partial charge on any atom is -0.435 e. The van der Waals surface area contributed by atoms with Crippen molar-refractivity contribution in [2.24, 2.45) is 0 Å². The molecule has 0 N–H and O–H groups in total. The van der Waals surface area contributed by atoms with Gasteiger partial charge < -0.3 is 4.74 Å². The summed E-state index contributed by atoms with van der Waals surface area (Å²) in [5.41, 5.74) is 0.150. The van der Waals surface area contributed by atoms with Crippen molar-refractivity contribution in [3.8, 4) is 5.75 Å². The van der Waals surface area contributed by atoms with Gasteiger partial charge in [0.25, 0.3) is 0 Å². The average Bonchev–Trinajstić information content (AvgIpc) is 2.01. The molecule has 2 nitrogen and oxygen atoms in total. The summed E-state index contributed by atoms with van der Waals surface area (Å²) in [7, 11) is 0. The van der Waals surface area contributed by atoms with E-state index in [-0.39, 0.29) is 17.3 Å². The van der Waals surface area contributed by atoms with Crippen LogP contribution in [0, 0.1) is 5.95 Å². The summed E-state index contributed by atoms with van der Waals surface area (Å²) in [6, 6.07) is 1.92. The van der Waals surface area contributed by atoms with Crippen molar-refractivity contribution in [1.82, 2.24) is 4.98 Å². The molecule has 0 spiro atoms. The van der Waals surface area contributed by atoms with Gasteiger partial charge in [-0.3, -0.25) is 0 Å². The largest absolute Gasteiger partial charge is 0.435 e. The summed E-state index contributed by atoms with van der Waals surface area (Å²) in [6.45, 7) is -2.98. The highest BCUT2D eigenvalue weighted by molar-refractivity contribution is 6.16. The second kappa shape index (κ2) is 4.32. The third-order valence-corrected chi connectivity index (χ3v) is 1.46. The van der Waals surface area contributed by atoms with E-state index >= 15 is 0 Å². The zero-order chi connectivity index (χ0) is 9.84. The van der Waals surface area contributed by atoms with E-state index in [4.69, 9.17) is 11.6 Å². The number of halogens is 4. The quantitative estimate of drug-likeness (QED) is 0.566. The number of rotatable bonds is 3. The smallest absolute Gasteiger partial charge is 0.387 e. The monoisotopic (exact) mass is 211 g/mol. The minimum absolute atomic E-state index is 0.0582. The van der Waals surface area contributed by atoms with Gasteiger partial charge in [-0.25, -0.2) is 4.98 Å². The van der Waals surface area contributed by atoms with Crippen LogP contribution in [0.3, 0.4) is 0 Å². The Morgan fingerprint density at radius 3 is 2.69 bits per heavy atom. The van der Waals surface area contributed by atoms with Gasteiger partial charge in [0.2, 0.25) is 5.95 Å². The van der Waals surface area contributed by atoms with Crippen LogP contribution in [0.5, 0.6) is 5.75 Å². The summed E-state index contributed by atoms with van der Waals surface area (Å²) in [5.74, 6) is -1.23. The molecular weight excluding hydrogens is 207 g/mol. The molecule has 0 amide bonds. The lowest BCUT2D eigenvalue weighted by Crippen LogP contribution is -2.03. The SMILES string of the molecule is Fc1cc(OC(F)F)cc(CCl)n1. The molecule has 0 saturated carbocycles. The molecular formula is C7H5ClF3NO. The molecule has 0 radical (unpaired) electrons. The number of ether oxygens (including phenoxy) is 1. The third-order valence-electron chi connectivity index (χ3n) is 1.18. The lowest BCUT2D eigenvalue weighted by atomic mass is 10.3. The first-order valence-electron chi connectivity index (χ1n) is 3.29. The molecule has 0 saturated heterocycles. The van der Waals surface area contributed by atoms with Crippen LogP contribution in [0.25, 0.3) is 0 Å². The molecule has 0 aliphatic heterocycles. The number of hydrogen-bond acceptors (Lipinski definition) is 2. The van der Waals surface area contributed by atoms with E-state index in [1.165, 1.54) is 0 Å². The lowest BCUT2D eigenvalue weighted by Gasteiger charge is -2.04. The first kappa shape index (κ1) is 10.1. The Bertz CT molecular complexity index is 295. The van der Waals surface area contributed by atoms with Gasteiger partial charge in [-0.05, 0) is 0 Å². The topological polar surface area (TPSA) is 22.1 Å². The second-order valence-corrected chi connectivity index (χ2v) is 2.40. The van der Waals surface area contributed by atoms with Gasteiger partial charge in [-0.15, -0.1) is 11.6 Å². The van der Waals surface area contributed by atoms with E-state index in [9.17, 15) is 13.2 Å². The molecule has 1 aromatic heterocycles. The highest BCUT2D eigenvalue weighted by Crippen LogP contribution is 2.17. The molecule has 0 fully saturated rings. The van der Waals surface area contributed by atoms with Crippen molar-refractivity contribution in [1.29, 1.82) is 0 Å². The average molecular weight is 212 g/mol. The normalized spacial score (nSPS) is 10.5. The third kappa shape index (κ3) is 3.10. The Morgan fingerprint density at radius 1 is 1.46 bits per heavy atom. The summed E-state index contributed by atoms with van der Waals surface area (Å²) in [6.07, 6.45) is 0. The summed E-state index contributed by atoms with van der Waals surface area (Å²) in [5, 5.41) is 0. The molecule has 0 atom stereocenters. The van der Waals surface area contributed by atoms with E-state index in [2.05, 4.69) is 9.72 Å². The van der Waals surface area contributed by atoms with Crippen molar-refractivity contribution in [2.45, 2.75) is 12.5 Å². The maximum absolute atomic E-state index is 12.6. The van der Waals surface area contributed by atoms with Crippen LogP contribution < -0.4 is 4.74 Å². The fourth-order valence-corrected chi connectivity index (χ4v) is 0.901. The Balaban J connectivity index is 2.88. The highest BCUT2D eigenvalue weighted by atomic mass is 35.5. The minimum atomic E-state index is -2.98. The van der Waals surface area contributed by atoms with Crippen LogP contribution in [0.2, 0.25) is 0 Å². The molecule has 13 heavy (non-hydrogen) atoms. The molecule has 0 bridgehead atoms. The van der Waals surface area contributed by atoms with Crippen LogP contribution in [-0.4, -0.2) is 11.6 Å². The Kier molecular flexibility index (Phi) is 3.36. The highest BCUT2D eigenvalue weighted by Gasteiger charge is 2.07. The first-order chi connectivity index (χ1) is 6.11. The Morgan fingerprint density at radius 2 is 2.15 bits per heavy atom. The van der Waals surface area contributed by atoms with Gasteiger partial charge in [0, 0.05) is 12.1 Å². The molecule has 0 aliphatic carbocycles. The van der Waals surface area contributed by atoms with Gasteiger partial charge in [0.1, 0.15) is 5.75 Å². The first-order valence-corrected chi connectivity index (χ1v) is 3.82. The van der Waals surface area contributed by atoms with E-state index in [1.54, 1.807) is 0 Å². The number of pyridine rings is 1. The van der Waals surface area contributed by atoms with Crippen LogP contribution in [0.1, 0.15) is 5.69 Å². The molecule has 1 aromatic rings. The van der Waals surface area contributed by atoms with E-state index in [1.807, 2.05) is 0 Å². The Labute approximate surface area is 77.3 Å². The standard InChI is InChI=1S/C7H5ClF3NO/c8-3-4-1-5(13-7(10)11)2-6(9)12-4/h1-2,7H,3H2. The van der Waals surface area contributed by atoms with E-state index < -0.39 is 12.6 Å². The van der Waals surface area contributed by atoms with Crippen molar-refractivity contribution < 1.29 is 17.9 Å². The van der Waals surface area contributed by atoms with Crippen LogP contribution in [-0.2, 0) is 5.88 Å². The second-order valence-electron chi connectivity index (χ2n) is 2.13. The number of hydrogen-bond donors (Lipinski definition) is 0. The Hall–Kier alpha value is -0.970. The molecule has 0 unspecified atom stereocenters. The molecule has 1 heterocycles. The maximum Gasteiger partial charge on any atom is 0.387 e. The van der Waals surface area contributed by atoms with Crippen molar-refractivity contribution >= 4 is 11.6 Å². The zero-order valence-electron chi connectivity index (χ0n) is 6.31. The fourth-order valence-electron chi connectivity index (χ4n) is 0.764. The number of alkyl halides is 3. The maximum atomic E-state index is 12.6. The van der Waals surface area contributed by atoms with Gasteiger partial charge in [-0.2, -0.15) is 13.2 Å². The molecule has 72 valence electrons. The summed E-state index contributed by atoms with van der Waals surface area (Å²) in [4.78, 5) is 3.34. The van der Waals surface area contributed by atoms with Gasteiger partial charge in [0.05, 0.1) is 11.6 Å². The predicted molar refractivity (Wildman–Crippen MR) is 40.4 cm³/mol. The van der Waals surface area contributed by atoms with Crippen molar-refractivity contribution in [2.75, 3.05) is 0 Å². The summed E-state index contributed by atoms with van der Waals surface area (Å²) >= 11 is 5.34. The van der Waals surface area contributed by atoms with E-state index in [0.29, 0.717) is 0 Å². The van der Waals surface area contributed by atoms with Crippen LogP contribution >= 0.6 is 11.6 Å². The zero-order valence-corrected chi connectivity index (χ0v) is 7.06. The number of aromatic nitrogens is 1. The van der Waals surface area contributed by atoms with Crippen LogP contribution in [0.4, 0.5) is 13.2 Å². The molecule has 0 aromatic carbocycles. The van der Waals surface area contributed by atoms with E-state index in [0.717, 1.165) is 12.1 Å². The molecule has 6 heteroatoms. The summed E-state index contributed by atoms with van der Waals surface area (Å²) < 4.78 is 39.9. The van der Waals surface area contributed by atoms with Gasteiger partial charge >= 0.3 is 6.61 Å². The lowest BCUT2D eigenvalue weighted by molar-refractivity contribution is -0.0501. The van der Waals surface area contributed by atoms with Crippen LogP contribution in [0.15, 0.2) is 12.1 Å². The molecule has 0 aliphatic rings. The molecule has 1 rings (SSSR count). The predicted octanol–water partition coefficient (Wildman–Crippen LogP) is 2.56. The van der Waals surface area contributed by atoms with Crippen molar-refractivity contribution in [3.05, 3.63) is 23.8 Å². The van der Waals surface area contributed by atoms with Gasteiger partial charge in [0.15, 0.2) is 0 Å².